The van der Waals surface area contributed by atoms with Crippen LogP contribution in [0.3, 0.4) is 0 Å². The number of carbonyl (C=O) groups excluding carboxylic acids is 1. The van der Waals surface area contributed by atoms with Crippen LogP contribution in [0.4, 0.5) is 5.69 Å². The second-order valence-corrected chi connectivity index (χ2v) is 6.91. The summed E-state index contributed by atoms with van der Waals surface area (Å²) in [4.78, 5) is 23.6. The maximum Gasteiger partial charge on any atom is 0.257 e. The van der Waals surface area contributed by atoms with Crippen LogP contribution >= 0.6 is 22.9 Å². The maximum absolute atomic E-state index is 12.8. The summed E-state index contributed by atoms with van der Waals surface area (Å²) >= 11 is 7.60. The maximum atomic E-state index is 12.8. The zero-order valence-corrected chi connectivity index (χ0v) is 15.0. The van der Waals surface area contributed by atoms with Crippen molar-refractivity contribution in [2.45, 2.75) is 13.1 Å². The molecule has 0 saturated carbocycles. The van der Waals surface area contributed by atoms with Gasteiger partial charge in [0.1, 0.15) is 11.2 Å². The molecule has 0 unspecified atom stereocenters. The van der Waals surface area contributed by atoms with Gasteiger partial charge in [0.2, 0.25) is 0 Å². The summed E-state index contributed by atoms with van der Waals surface area (Å²) in [5.74, 6) is -0.0229. The normalized spacial score (nSPS) is 16.5. The largest absolute Gasteiger partial charge is 0.359 e. The molecule has 3 aromatic rings. The molecule has 7 heteroatoms. The van der Waals surface area contributed by atoms with Crippen LogP contribution in [-0.2, 0) is 0 Å². The van der Waals surface area contributed by atoms with Crippen molar-refractivity contribution in [2.24, 2.45) is 0 Å². The highest BCUT2D eigenvalue weighted by molar-refractivity contribution is 7.13. The van der Waals surface area contributed by atoms with E-state index < -0.39 is 0 Å². The van der Waals surface area contributed by atoms with Crippen LogP contribution in [-0.4, -0.2) is 27.3 Å². The Kier molecular flexibility index (Phi) is 4.15. The molecule has 0 aliphatic carbocycles. The van der Waals surface area contributed by atoms with Crippen LogP contribution in [0.25, 0.3) is 10.7 Å². The highest BCUT2D eigenvalue weighted by Crippen LogP contribution is 2.35. The number of thiazole rings is 1. The Bertz CT molecular complexity index is 928. The Hall–Kier alpha value is -2.44. The van der Waals surface area contributed by atoms with Gasteiger partial charge in [-0.1, -0.05) is 17.7 Å². The number of halogens is 1. The molecule has 0 radical (unpaired) electrons. The highest BCUT2D eigenvalue weighted by Gasteiger charge is 2.33. The average Bonchev–Trinajstić information content (AvgIpc) is 3.12. The molecule has 0 spiro atoms. The van der Waals surface area contributed by atoms with Gasteiger partial charge in [0.15, 0.2) is 0 Å². The van der Waals surface area contributed by atoms with Crippen LogP contribution in [0.15, 0.2) is 48.0 Å². The number of amides is 1. The van der Waals surface area contributed by atoms with E-state index in [-0.39, 0.29) is 12.1 Å². The van der Waals surface area contributed by atoms with Crippen LogP contribution in [0, 0.1) is 0 Å². The molecule has 1 amide bonds. The van der Waals surface area contributed by atoms with Crippen molar-refractivity contribution in [3.8, 4) is 10.7 Å². The zero-order chi connectivity index (χ0) is 17.4. The average molecular weight is 371 g/mol. The molecule has 0 bridgehead atoms. The van der Waals surface area contributed by atoms with Crippen molar-refractivity contribution in [3.63, 3.8) is 0 Å². The first-order valence-corrected chi connectivity index (χ1v) is 9.17. The van der Waals surface area contributed by atoms with Gasteiger partial charge in [0, 0.05) is 23.1 Å². The zero-order valence-electron chi connectivity index (χ0n) is 13.4. The van der Waals surface area contributed by atoms with E-state index in [1.54, 1.807) is 29.3 Å². The second-order valence-electron chi connectivity index (χ2n) is 5.62. The predicted octanol–water partition coefficient (Wildman–Crippen LogP) is 4.44. The smallest absolute Gasteiger partial charge is 0.257 e. The summed E-state index contributed by atoms with van der Waals surface area (Å²) in [5.41, 5.74) is 2.99. The Labute approximate surface area is 154 Å². The fourth-order valence-corrected chi connectivity index (χ4v) is 3.88. The molecule has 126 valence electrons. The van der Waals surface area contributed by atoms with Gasteiger partial charge in [0.25, 0.3) is 5.91 Å². The van der Waals surface area contributed by atoms with Gasteiger partial charge in [-0.05, 0) is 37.3 Å². The van der Waals surface area contributed by atoms with Gasteiger partial charge in [-0.3, -0.25) is 9.78 Å². The molecule has 0 saturated heterocycles. The van der Waals surface area contributed by atoms with Crippen molar-refractivity contribution in [1.82, 2.24) is 14.9 Å². The van der Waals surface area contributed by atoms with Crippen molar-refractivity contribution >= 4 is 34.5 Å². The number of hydrogen-bond acceptors (Lipinski definition) is 5. The van der Waals surface area contributed by atoms with E-state index in [9.17, 15) is 4.79 Å². The molecule has 0 fully saturated rings. The highest BCUT2D eigenvalue weighted by atomic mass is 35.5. The monoisotopic (exact) mass is 370 g/mol. The lowest BCUT2D eigenvalue weighted by molar-refractivity contribution is 0.0692. The molecule has 3 heterocycles. The summed E-state index contributed by atoms with van der Waals surface area (Å²) in [5, 5.41) is 6.78. The second kappa shape index (κ2) is 6.46. The molecule has 1 atom stereocenters. The van der Waals surface area contributed by atoms with E-state index in [0.717, 1.165) is 22.1 Å². The summed E-state index contributed by atoms with van der Waals surface area (Å²) in [6, 6.07) is 11.0. The quantitative estimate of drug-likeness (QED) is 0.740. The third-order valence-corrected chi connectivity index (χ3v) is 5.22. The van der Waals surface area contributed by atoms with Crippen LogP contribution < -0.4 is 5.32 Å². The minimum Gasteiger partial charge on any atom is -0.359 e. The summed E-state index contributed by atoms with van der Waals surface area (Å²) < 4.78 is 0. The molecule has 1 N–H and O–H groups in total. The number of aromatic nitrogens is 2. The molecule has 25 heavy (non-hydrogen) atoms. The van der Waals surface area contributed by atoms with E-state index in [0.29, 0.717) is 17.1 Å². The number of benzene rings is 1. The summed E-state index contributed by atoms with van der Waals surface area (Å²) in [7, 11) is 0. The van der Waals surface area contributed by atoms with Crippen molar-refractivity contribution < 1.29 is 4.79 Å². The molecule has 5 nitrogen and oxygen atoms in total. The third kappa shape index (κ3) is 2.88. The van der Waals surface area contributed by atoms with Crippen molar-refractivity contribution in [2.75, 3.05) is 11.9 Å². The third-order valence-electron chi connectivity index (χ3n) is 4.10. The molecular weight excluding hydrogens is 356 g/mol. The molecule has 1 aliphatic rings. The predicted molar refractivity (Wildman–Crippen MR) is 99.9 cm³/mol. The number of anilines is 1. The first kappa shape index (κ1) is 16.1. The number of fused-ring (bicyclic) bond motifs is 1. The Morgan fingerprint density at radius 2 is 2.20 bits per heavy atom. The van der Waals surface area contributed by atoms with Crippen molar-refractivity contribution in [3.05, 3.63) is 64.3 Å². The minimum atomic E-state index is -0.322. The minimum absolute atomic E-state index is 0.0229. The SMILES string of the molecule is CCN1C(=O)c2ccc(Cl)cc2N[C@H]1c1csc(-c2ccccn2)n1. The van der Waals surface area contributed by atoms with Crippen molar-refractivity contribution in [1.29, 1.82) is 0 Å². The number of pyridine rings is 1. The lowest BCUT2D eigenvalue weighted by atomic mass is 10.1. The molecule has 1 aliphatic heterocycles. The van der Waals surface area contributed by atoms with E-state index in [4.69, 9.17) is 16.6 Å². The Balaban J connectivity index is 1.72. The first-order valence-electron chi connectivity index (χ1n) is 7.91. The summed E-state index contributed by atoms with van der Waals surface area (Å²) in [6.45, 7) is 2.54. The fourth-order valence-electron chi connectivity index (χ4n) is 2.90. The van der Waals surface area contributed by atoms with Crippen LogP contribution in [0.2, 0.25) is 5.02 Å². The lowest BCUT2D eigenvalue weighted by Gasteiger charge is -2.36. The number of nitrogens with zero attached hydrogens (tertiary/aromatic N) is 3. The summed E-state index contributed by atoms with van der Waals surface area (Å²) in [6.07, 6.45) is 1.42. The van der Waals surface area contributed by atoms with E-state index in [2.05, 4.69) is 10.3 Å². The van der Waals surface area contributed by atoms with Gasteiger partial charge < -0.3 is 10.2 Å². The van der Waals surface area contributed by atoms with E-state index in [1.165, 1.54) is 11.3 Å². The number of carbonyl (C=O) groups is 1. The van der Waals surface area contributed by atoms with Gasteiger partial charge in [0.05, 0.1) is 22.6 Å². The molecule has 1 aromatic carbocycles. The lowest BCUT2D eigenvalue weighted by Crippen LogP contribution is -2.42. The topological polar surface area (TPSA) is 58.1 Å². The number of rotatable bonds is 3. The van der Waals surface area contributed by atoms with E-state index in [1.807, 2.05) is 30.5 Å². The molecular formula is C18H15ClN4OS. The van der Waals surface area contributed by atoms with Gasteiger partial charge in [-0.25, -0.2) is 4.98 Å². The van der Waals surface area contributed by atoms with Gasteiger partial charge in [-0.2, -0.15) is 0 Å². The van der Waals surface area contributed by atoms with Gasteiger partial charge in [-0.15, -0.1) is 11.3 Å². The van der Waals surface area contributed by atoms with Crippen LogP contribution in [0.1, 0.15) is 29.1 Å². The molecule has 4 rings (SSSR count). The molecule has 2 aromatic heterocycles. The van der Waals surface area contributed by atoms with Gasteiger partial charge >= 0.3 is 0 Å². The Morgan fingerprint density at radius 1 is 1.32 bits per heavy atom. The number of nitrogens with one attached hydrogen (secondary N) is 1. The number of hydrogen-bond donors (Lipinski definition) is 1. The Morgan fingerprint density at radius 3 is 2.96 bits per heavy atom. The fraction of sp³-hybridized carbons (Fsp3) is 0.167. The standard InChI is InChI=1S/C18H15ClN4OS/c1-2-23-16(21-14-9-11(19)6-7-12(14)18(23)24)15-10-25-17(22-15)13-5-3-4-8-20-13/h3-10,16,21H,2H2,1H3/t16-/m1/s1. The van der Waals surface area contributed by atoms with Crippen LogP contribution in [0.5, 0.6) is 0 Å². The first-order chi connectivity index (χ1) is 12.2. The van der Waals surface area contributed by atoms with E-state index >= 15 is 0 Å².